The molecule has 3 rings (SSSR count). The Kier molecular flexibility index (Phi) is 6.55. The lowest BCUT2D eigenvalue weighted by molar-refractivity contribution is -0.139. The second-order valence-corrected chi connectivity index (χ2v) is 11.2. The zero-order valence-electron chi connectivity index (χ0n) is 15.4. The van der Waals surface area contributed by atoms with Crippen molar-refractivity contribution in [3.05, 3.63) is 64.1 Å². The normalized spacial score (nSPS) is 20.4. The molecule has 1 aliphatic rings. The van der Waals surface area contributed by atoms with Crippen LogP contribution < -0.4 is 9.44 Å². The van der Waals surface area contributed by atoms with E-state index in [2.05, 4.69) is 25.4 Å². The Morgan fingerprint density at radius 1 is 1.23 bits per heavy atom. The number of benzene rings is 2. The highest BCUT2D eigenvalue weighted by Crippen LogP contribution is 2.57. The van der Waals surface area contributed by atoms with Gasteiger partial charge in [-0.1, -0.05) is 46.3 Å². The summed E-state index contributed by atoms with van der Waals surface area (Å²) in [5, 5.41) is 8.66. The van der Waals surface area contributed by atoms with Crippen molar-refractivity contribution in [3.8, 4) is 0 Å². The highest BCUT2D eigenvalue weighted by Gasteiger charge is 2.39. The van der Waals surface area contributed by atoms with E-state index in [1.54, 1.807) is 24.3 Å². The number of rotatable bonds is 7. The number of amides is 1. The third-order valence-corrected chi connectivity index (χ3v) is 8.45. The molecule has 30 heavy (non-hydrogen) atoms. The number of hydrogen-bond acceptors (Lipinski definition) is 6. The third kappa shape index (κ3) is 5.02. The number of nitrogens with one attached hydrogen (secondary N) is 2. The van der Waals surface area contributed by atoms with E-state index < -0.39 is 44.0 Å². The smallest absolute Gasteiger partial charge is 0.322 e. The van der Waals surface area contributed by atoms with Crippen molar-refractivity contribution in [3.63, 3.8) is 0 Å². The van der Waals surface area contributed by atoms with Gasteiger partial charge in [-0.25, -0.2) is 8.42 Å². The van der Waals surface area contributed by atoms with Crippen LogP contribution in [-0.2, 0) is 26.0 Å². The molecule has 0 bridgehead atoms. The largest absolute Gasteiger partial charge is 0.480 e. The van der Waals surface area contributed by atoms with Crippen LogP contribution >= 0.6 is 26.7 Å². The summed E-state index contributed by atoms with van der Waals surface area (Å²) in [5.74, 6) is -1.81. The van der Waals surface area contributed by atoms with Crippen molar-refractivity contribution < 1.29 is 32.2 Å². The number of carbonyl (C=O) groups is 2. The van der Waals surface area contributed by atoms with Gasteiger partial charge in [-0.2, -0.15) is 4.72 Å². The Labute approximate surface area is 183 Å². The molecule has 2 atom stereocenters. The van der Waals surface area contributed by atoms with Gasteiger partial charge in [-0.3, -0.25) is 23.4 Å². The minimum absolute atomic E-state index is 0.0450. The van der Waals surface area contributed by atoms with E-state index in [0.717, 1.165) is 0 Å². The van der Waals surface area contributed by atoms with Crippen LogP contribution in [0.15, 0.2) is 57.9 Å². The molecule has 5 N–H and O–H groups in total. The minimum Gasteiger partial charge on any atom is -0.480 e. The summed E-state index contributed by atoms with van der Waals surface area (Å²) in [4.78, 5) is 23.1. The van der Waals surface area contributed by atoms with Gasteiger partial charge in [0.05, 0.1) is 11.3 Å². The average Bonchev–Trinajstić information content (AvgIpc) is 2.93. The third-order valence-electron chi connectivity index (χ3n) is 4.53. The molecule has 1 saturated heterocycles. The van der Waals surface area contributed by atoms with Crippen LogP contribution in [-0.4, -0.2) is 40.5 Å². The summed E-state index contributed by atoms with van der Waals surface area (Å²) in [6, 6.07) is 10.7. The summed E-state index contributed by atoms with van der Waals surface area (Å²) < 4.78 is 49.8. The molecular weight excluding hydrogens is 500 g/mol. The fraction of sp³-hybridized carbons (Fsp3) is 0.222. The van der Waals surface area contributed by atoms with Gasteiger partial charge in [0.2, 0.25) is 15.9 Å². The van der Waals surface area contributed by atoms with Crippen molar-refractivity contribution in [2.45, 2.75) is 29.0 Å². The number of aliphatic carboxylic acids is 1. The molecule has 2 aromatic carbocycles. The molecule has 0 aliphatic carbocycles. The standard InChI is InChI=1S/C18H19BrN2O7S2/c19-14-8-11(6-7-13(14)16-10-17(22)21-30(16,27)28)9-15(18(23)24)20-29(25,26)12-4-2-1-3-5-12/h1-8,15-16,20,27-28H,9-10H2,(H,21,22)(H,23,24)/t15-,16?/m0/s1. The second kappa shape index (κ2) is 8.65. The lowest BCUT2D eigenvalue weighted by Crippen LogP contribution is -2.42. The quantitative estimate of drug-likeness (QED) is 0.377. The van der Waals surface area contributed by atoms with Gasteiger partial charge in [0.1, 0.15) is 11.3 Å². The van der Waals surface area contributed by atoms with Crippen molar-refractivity contribution >= 4 is 48.6 Å². The van der Waals surface area contributed by atoms with Gasteiger partial charge >= 0.3 is 5.97 Å². The summed E-state index contributed by atoms with van der Waals surface area (Å²) >= 11 is 3.32. The first-order valence-electron chi connectivity index (χ1n) is 8.66. The first-order chi connectivity index (χ1) is 14.0. The van der Waals surface area contributed by atoms with E-state index in [1.165, 1.54) is 24.3 Å². The number of hydrogen-bond donors (Lipinski definition) is 5. The average molecular weight is 519 g/mol. The fourth-order valence-corrected chi connectivity index (χ4v) is 6.65. The van der Waals surface area contributed by atoms with E-state index >= 15 is 0 Å². The van der Waals surface area contributed by atoms with Gasteiger partial charge in [-0.05, 0) is 35.7 Å². The molecule has 1 unspecified atom stereocenters. The number of carboxylic acids is 1. The molecule has 1 heterocycles. The molecule has 1 aliphatic heterocycles. The van der Waals surface area contributed by atoms with Crippen LogP contribution in [0, 0.1) is 0 Å². The Hall–Kier alpha value is -1.96. The first-order valence-corrected chi connectivity index (χ1v) is 12.5. The molecule has 0 saturated carbocycles. The van der Waals surface area contributed by atoms with Gasteiger partial charge in [0.15, 0.2) is 0 Å². The van der Waals surface area contributed by atoms with E-state index in [0.29, 0.717) is 15.6 Å². The summed E-state index contributed by atoms with van der Waals surface area (Å²) in [6.07, 6.45) is -0.229. The highest BCUT2D eigenvalue weighted by atomic mass is 79.9. The van der Waals surface area contributed by atoms with E-state index in [1.807, 2.05) is 0 Å². The SMILES string of the molecule is O=C1CC(c2ccc(C[C@H](NS(=O)(=O)c3ccccc3)C(=O)O)cc2Br)S(O)(O)N1. The van der Waals surface area contributed by atoms with Gasteiger partial charge < -0.3 is 5.11 Å². The number of sulfonamides is 1. The fourth-order valence-electron chi connectivity index (χ4n) is 3.08. The molecule has 0 aromatic heterocycles. The predicted molar refractivity (Wildman–Crippen MR) is 114 cm³/mol. The maximum absolute atomic E-state index is 12.5. The van der Waals surface area contributed by atoms with Crippen LogP contribution in [0.4, 0.5) is 0 Å². The van der Waals surface area contributed by atoms with Crippen molar-refractivity contribution in [2.24, 2.45) is 0 Å². The second-order valence-electron chi connectivity index (χ2n) is 6.70. The zero-order chi connectivity index (χ0) is 22.1. The molecule has 0 radical (unpaired) electrons. The van der Waals surface area contributed by atoms with Crippen LogP contribution in [0.25, 0.3) is 0 Å². The summed E-state index contributed by atoms with van der Waals surface area (Å²) in [6.45, 7) is 0. The first kappa shape index (κ1) is 22.7. The van der Waals surface area contributed by atoms with E-state index in [9.17, 15) is 32.2 Å². The van der Waals surface area contributed by atoms with Crippen LogP contribution in [0.1, 0.15) is 22.8 Å². The molecule has 0 spiro atoms. The topological polar surface area (TPSA) is 153 Å². The van der Waals surface area contributed by atoms with Crippen molar-refractivity contribution in [1.82, 2.24) is 9.44 Å². The maximum atomic E-state index is 12.5. The molecule has 1 amide bonds. The Balaban J connectivity index is 1.81. The predicted octanol–water partition coefficient (Wildman–Crippen LogP) is 2.65. The Bertz CT molecular complexity index is 1080. The van der Waals surface area contributed by atoms with Crippen LogP contribution in [0.2, 0.25) is 0 Å². The van der Waals surface area contributed by atoms with Gasteiger partial charge in [-0.15, -0.1) is 10.8 Å². The molecule has 9 nitrogen and oxygen atoms in total. The molecule has 162 valence electrons. The highest BCUT2D eigenvalue weighted by molar-refractivity contribution is 9.10. The number of halogens is 1. The van der Waals surface area contributed by atoms with Crippen molar-refractivity contribution in [1.29, 1.82) is 0 Å². The van der Waals surface area contributed by atoms with E-state index in [4.69, 9.17) is 0 Å². The van der Waals surface area contributed by atoms with Gasteiger partial charge in [0, 0.05) is 4.47 Å². The monoisotopic (exact) mass is 518 g/mol. The summed E-state index contributed by atoms with van der Waals surface area (Å²) in [7, 11) is -7.36. The number of carboxylic acid groups (broad SMARTS) is 1. The lowest BCUT2D eigenvalue weighted by atomic mass is 10.0. The molecular formula is C18H19BrN2O7S2. The Morgan fingerprint density at radius 2 is 1.90 bits per heavy atom. The minimum atomic E-state index is -4.03. The van der Waals surface area contributed by atoms with E-state index in [-0.39, 0.29) is 17.7 Å². The Morgan fingerprint density at radius 3 is 2.43 bits per heavy atom. The lowest BCUT2D eigenvalue weighted by Gasteiger charge is -2.33. The van der Waals surface area contributed by atoms with Crippen LogP contribution in [0.3, 0.4) is 0 Å². The summed E-state index contributed by atoms with van der Waals surface area (Å²) in [5.41, 5.74) is 0.983. The van der Waals surface area contributed by atoms with Crippen LogP contribution in [0.5, 0.6) is 0 Å². The number of carbonyl (C=O) groups excluding carboxylic acids is 1. The van der Waals surface area contributed by atoms with Gasteiger partial charge in [0.25, 0.3) is 0 Å². The zero-order valence-corrected chi connectivity index (χ0v) is 18.6. The van der Waals surface area contributed by atoms with Crippen molar-refractivity contribution in [2.75, 3.05) is 0 Å². The molecule has 2 aromatic rings. The maximum Gasteiger partial charge on any atom is 0.322 e. The molecule has 12 heteroatoms. The molecule has 1 fully saturated rings.